The van der Waals surface area contributed by atoms with Crippen molar-refractivity contribution in [3.05, 3.63) is 35.9 Å². The van der Waals surface area contributed by atoms with Crippen molar-refractivity contribution in [2.24, 2.45) is 5.41 Å². The summed E-state index contributed by atoms with van der Waals surface area (Å²) in [5.41, 5.74) is 2.11. The van der Waals surface area contributed by atoms with Crippen LogP contribution in [-0.4, -0.2) is 13.1 Å². The Morgan fingerprint density at radius 1 is 1.11 bits per heavy atom. The second-order valence-electron chi connectivity index (χ2n) is 5.83. The molecule has 1 fully saturated rings. The Labute approximate surface area is 112 Å². The zero-order chi connectivity index (χ0) is 12.7. The predicted octanol–water partition coefficient (Wildman–Crippen LogP) is 4.18. The van der Waals surface area contributed by atoms with E-state index >= 15 is 0 Å². The zero-order valence-corrected chi connectivity index (χ0v) is 11.8. The molecule has 0 amide bonds. The van der Waals surface area contributed by atoms with Gasteiger partial charge in [-0.15, -0.1) is 0 Å². The Hall–Kier alpha value is -0.820. The first-order valence-corrected chi connectivity index (χ1v) is 7.59. The van der Waals surface area contributed by atoms with Crippen LogP contribution in [0.25, 0.3) is 0 Å². The lowest BCUT2D eigenvalue weighted by atomic mass is 9.80. The van der Waals surface area contributed by atoms with Gasteiger partial charge in [0.1, 0.15) is 0 Å². The average molecular weight is 245 g/mol. The van der Waals surface area contributed by atoms with E-state index in [9.17, 15) is 0 Å². The SMILES string of the molecule is CCNCC1(CCCc2ccccc2)CCCC1. The lowest BCUT2D eigenvalue weighted by molar-refractivity contribution is 0.253. The van der Waals surface area contributed by atoms with E-state index in [0.29, 0.717) is 5.41 Å². The smallest absolute Gasteiger partial charge is 0.000769 e. The lowest BCUT2D eigenvalue weighted by Gasteiger charge is -2.29. The quantitative estimate of drug-likeness (QED) is 0.760. The molecule has 0 spiro atoms. The first-order chi connectivity index (χ1) is 8.85. The van der Waals surface area contributed by atoms with E-state index in [-0.39, 0.29) is 0 Å². The molecule has 1 aliphatic carbocycles. The Bertz CT molecular complexity index is 325. The average Bonchev–Trinajstić information content (AvgIpc) is 2.87. The maximum absolute atomic E-state index is 3.58. The number of benzene rings is 1. The van der Waals surface area contributed by atoms with Crippen molar-refractivity contribution >= 4 is 0 Å². The first-order valence-electron chi connectivity index (χ1n) is 7.59. The summed E-state index contributed by atoms with van der Waals surface area (Å²) in [6.07, 6.45) is 9.75. The molecule has 1 saturated carbocycles. The number of hydrogen-bond acceptors (Lipinski definition) is 1. The van der Waals surface area contributed by atoms with Crippen LogP contribution in [-0.2, 0) is 6.42 Å². The van der Waals surface area contributed by atoms with Gasteiger partial charge in [-0.25, -0.2) is 0 Å². The van der Waals surface area contributed by atoms with E-state index in [2.05, 4.69) is 42.6 Å². The molecule has 1 aromatic carbocycles. The Morgan fingerprint density at radius 3 is 2.50 bits per heavy atom. The van der Waals surface area contributed by atoms with Gasteiger partial charge >= 0.3 is 0 Å². The van der Waals surface area contributed by atoms with Crippen LogP contribution in [0.3, 0.4) is 0 Å². The molecule has 0 radical (unpaired) electrons. The molecule has 0 bridgehead atoms. The third-order valence-electron chi connectivity index (χ3n) is 4.43. The molecule has 18 heavy (non-hydrogen) atoms. The molecule has 0 aliphatic heterocycles. The Balaban J connectivity index is 1.79. The molecule has 2 rings (SSSR count). The van der Waals surface area contributed by atoms with Crippen molar-refractivity contribution < 1.29 is 0 Å². The van der Waals surface area contributed by atoms with Crippen molar-refractivity contribution in [2.75, 3.05) is 13.1 Å². The molecule has 0 aromatic heterocycles. The van der Waals surface area contributed by atoms with E-state index in [0.717, 1.165) is 6.54 Å². The number of nitrogens with one attached hydrogen (secondary N) is 1. The minimum Gasteiger partial charge on any atom is -0.316 e. The summed E-state index contributed by atoms with van der Waals surface area (Å²) < 4.78 is 0. The largest absolute Gasteiger partial charge is 0.316 e. The Kier molecular flexibility index (Phi) is 5.25. The summed E-state index contributed by atoms with van der Waals surface area (Å²) in [5.74, 6) is 0. The highest BCUT2D eigenvalue weighted by Crippen LogP contribution is 2.41. The molecule has 0 atom stereocenters. The number of hydrogen-bond donors (Lipinski definition) is 1. The first kappa shape index (κ1) is 13.6. The van der Waals surface area contributed by atoms with Crippen molar-refractivity contribution in [3.63, 3.8) is 0 Å². The lowest BCUT2D eigenvalue weighted by Crippen LogP contribution is -2.32. The van der Waals surface area contributed by atoms with Crippen LogP contribution in [0.5, 0.6) is 0 Å². The van der Waals surface area contributed by atoms with Gasteiger partial charge in [0.15, 0.2) is 0 Å². The Morgan fingerprint density at radius 2 is 1.83 bits per heavy atom. The van der Waals surface area contributed by atoms with Gasteiger partial charge < -0.3 is 5.32 Å². The van der Waals surface area contributed by atoms with Crippen molar-refractivity contribution in [1.82, 2.24) is 5.32 Å². The second kappa shape index (κ2) is 6.94. The predicted molar refractivity (Wildman–Crippen MR) is 78.8 cm³/mol. The topological polar surface area (TPSA) is 12.0 Å². The fourth-order valence-electron chi connectivity index (χ4n) is 3.34. The maximum atomic E-state index is 3.58. The third kappa shape index (κ3) is 3.84. The van der Waals surface area contributed by atoms with Crippen LogP contribution in [0.1, 0.15) is 51.0 Å². The van der Waals surface area contributed by atoms with E-state index in [1.165, 1.54) is 57.1 Å². The molecule has 0 unspecified atom stereocenters. The summed E-state index contributed by atoms with van der Waals surface area (Å²) in [6.45, 7) is 4.56. The molecule has 1 N–H and O–H groups in total. The fraction of sp³-hybridized carbons (Fsp3) is 0.647. The van der Waals surface area contributed by atoms with Crippen LogP contribution in [0.15, 0.2) is 30.3 Å². The molecule has 1 aliphatic rings. The number of aryl methyl sites for hydroxylation is 1. The van der Waals surface area contributed by atoms with Crippen LogP contribution < -0.4 is 5.32 Å². The minimum absolute atomic E-state index is 0.616. The molecule has 1 heteroatoms. The summed E-state index contributed by atoms with van der Waals surface area (Å²) >= 11 is 0. The highest BCUT2D eigenvalue weighted by Gasteiger charge is 2.32. The van der Waals surface area contributed by atoms with E-state index in [1.54, 1.807) is 0 Å². The molecule has 0 saturated heterocycles. The third-order valence-corrected chi connectivity index (χ3v) is 4.43. The highest BCUT2D eigenvalue weighted by molar-refractivity contribution is 5.14. The van der Waals surface area contributed by atoms with Crippen LogP contribution >= 0.6 is 0 Å². The van der Waals surface area contributed by atoms with Gasteiger partial charge in [-0.3, -0.25) is 0 Å². The minimum atomic E-state index is 0.616. The van der Waals surface area contributed by atoms with Crippen LogP contribution in [0, 0.1) is 5.41 Å². The normalized spacial score (nSPS) is 18.1. The van der Waals surface area contributed by atoms with Crippen LogP contribution in [0.2, 0.25) is 0 Å². The summed E-state index contributed by atoms with van der Waals surface area (Å²) in [5, 5.41) is 3.58. The van der Waals surface area contributed by atoms with Crippen LogP contribution in [0.4, 0.5) is 0 Å². The van der Waals surface area contributed by atoms with Crippen molar-refractivity contribution in [1.29, 1.82) is 0 Å². The van der Waals surface area contributed by atoms with E-state index in [4.69, 9.17) is 0 Å². The van der Waals surface area contributed by atoms with Gasteiger partial charge in [0.25, 0.3) is 0 Å². The van der Waals surface area contributed by atoms with Gasteiger partial charge in [-0.1, -0.05) is 50.1 Å². The number of rotatable bonds is 7. The molecular weight excluding hydrogens is 218 g/mol. The molecule has 0 heterocycles. The molecule has 100 valence electrons. The van der Waals surface area contributed by atoms with Crippen molar-refractivity contribution in [3.8, 4) is 0 Å². The molecule has 1 nitrogen and oxygen atoms in total. The highest BCUT2D eigenvalue weighted by atomic mass is 14.9. The fourth-order valence-corrected chi connectivity index (χ4v) is 3.34. The monoisotopic (exact) mass is 245 g/mol. The van der Waals surface area contributed by atoms with E-state index in [1.807, 2.05) is 0 Å². The van der Waals surface area contributed by atoms with Gasteiger partial charge in [-0.05, 0) is 49.6 Å². The second-order valence-corrected chi connectivity index (χ2v) is 5.83. The standard InChI is InChI=1S/C17H27N/c1-2-18-15-17(12-6-7-13-17)14-8-11-16-9-4-3-5-10-16/h3-5,9-10,18H,2,6-8,11-15H2,1H3. The van der Waals surface area contributed by atoms with Gasteiger partial charge in [0, 0.05) is 6.54 Å². The van der Waals surface area contributed by atoms with Gasteiger partial charge in [0.05, 0.1) is 0 Å². The molecule has 1 aromatic rings. The zero-order valence-electron chi connectivity index (χ0n) is 11.8. The van der Waals surface area contributed by atoms with Crippen molar-refractivity contribution in [2.45, 2.75) is 51.9 Å². The summed E-state index contributed by atoms with van der Waals surface area (Å²) in [7, 11) is 0. The maximum Gasteiger partial charge on any atom is 0.000769 e. The van der Waals surface area contributed by atoms with Gasteiger partial charge in [0.2, 0.25) is 0 Å². The summed E-state index contributed by atoms with van der Waals surface area (Å²) in [4.78, 5) is 0. The molecular formula is C17H27N. The van der Waals surface area contributed by atoms with Gasteiger partial charge in [-0.2, -0.15) is 0 Å². The van der Waals surface area contributed by atoms with E-state index < -0.39 is 0 Å². The summed E-state index contributed by atoms with van der Waals surface area (Å²) in [6, 6.07) is 10.9.